The summed E-state index contributed by atoms with van der Waals surface area (Å²) in [5.74, 6) is 0. The molecule has 0 fully saturated rings. The highest BCUT2D eigenvalue weighted by molar-refractivity contribution is 5.14. The second-order valence-corrected chi connectivity index (χ2v) is 3.75. The van der Waals surface area contributed by atoms with Crippen LogP contribution in [0, 0.1) is 0 Å². The summed E-state index contributed by atoms with van der Waals surface area (Å²) in [5.41, 5.74) is 0.341. The van der Waals surface area contributed by atoms with Gasteiger partial charge in [0.15, 0.2) is 18.9 Å². The van der Waals surface area contributed by atoms with Gasteiger partial charge in [0.25, 0.3) is 0 Å². The standard InChI is InChI=1S/C13H11F3N/c14-13(15,16)12-7-4-8-17(10-12)9-11-5-2-1-3-6-11/h1-8,10H,9H2/q+1. The number of nitrogens with zero attached hydrogens (tertiary/aromatic N) is 1. The van der Waals surface area contributed by atoms with Crippen LogP contribution in [0.5, 0.6) is 0 Å². The van der Waals surface area contributed by atoms with Gasteiger partial charge in [-0.05, 0) is 6.07 Å². The molecule has 1 aromatic heterocycles. The largest absolute Gasteiger partial charge is 0.422 e. The average Bonchev–Trinajstić information content (AvgIpc) is 2.29. The van der Waals surface area contributed by atoms with Gasteiger partial charge < -0.3 is 0 Å². The van der Waals surface area contributed by atoms with E-state index in [2.05, 4.69) is 0 Å². The number of halogens is 3. The van der Waals surface area contributed by atoms with E-state index in [0.717, 1.165) is 17.8 Å². The first-order valence-electron chi connectivity index (χ1n) is 5.16. The van der Waals surface area contributed by atoms with Crippen molar-refractivity contribution in [1.29, 1.82) is 0 Å². The molecule has 0 atom stereocenters. The molecule has 0 aliphatic rings. The van der Waals surface area contributed by atoms with Crippen molar-refractivity contribution >= 4 is 0 Å². The first-order valence-corrected chi connectivity index (χ1v) is 5.16. The van der Waals surface area contributed by atoms with Crippen LogP contribution in [0.2, 0.25) is 0 Å². The van der Waals surface area contributed by atoms with Gasteiger partial charge in [0.2, 0.25) is 0 Å². The van der Waals surface area contributed by atoms with Crippen molar-refractivity contribution in [3.63, 3.8) is 0 Å². The number of pyridine rings is 1. The Morgan fingerprint density at radius 3 is 2.29 bits per heavy atom. The minimum atomic E-state index is -4.29. The van der Waals surface area contributed by atoms with Crippen molar-refractivity contribution in [3.8, 4) is 0 Å². The Bertz CT molecular complexity index is 492. The molecule has 88 valence electrons. The van der Waals surface area contributed by atoms with Gasteiger partial charge in [-0.2, -0.15) is 13.2 Å². The third-order valence-corrected chi connectivity index (χ3v) is 2.39. The molecule has 1 nitrogen and oxygen atoms in total. The van der Waals surface area contributed by atoms with E-state index < -0.39 is 11.7 Å². The normalized spacial score (nSPS) is 11.5. The zero-order valence-corrected chi connectivity index (χ0v) is 8.98. The van der Waals surface area contributed by atoms with Gasteiger partial charge in [0.05, 0.1) is 0 Å². The number of alkyl halides is 3. The minimum absolute atomic E-state index is 0.435. The van der Waals surface area contributed by atoms with Crippen LogP contribution in [0.25, 0.3) is 0 Å². The van der Waals surface area contributed by atoms with E-state index >= 15 is 0 Å². The quantitative estimate of drug-likeness (QED) is 0.708. The molecule has 1 heterocycles. The molecule has 4 heteroatoms. The zero-order valence-electron chi connectivity index (χ0n) is 8.98. The fraction of sp³-hybridized carbons (Fsp3) is 0.154. The van der Waals surface area contributed by atoms with E-state index in [1.165, 1.54) is 10.6 Å². The van der Waals surface area contributed by atoms with Crippen LogP contribution in [0.15, 0.2) is 54.9 Å². The molecular weight excluding hydrogens is 227 g/mol. The number of aromatic nitrogens is 1. The summed E-state index contributed by atoms with van der Waals surface area (Å²) in [6.45, 7) is 0.435. The first-order chi connectivity index (χ1) is 8.05. The lowest BCUT2D eigenvalue weighted by molar-refractivity contribution is -0.689. The molecule has 0 bridgehead atoms. The summed E-state index contributed by atoms with van der Waals surface area (Å²) in [6.07, 6.45) is -1.55. The predicted molar refractivity (Wildman–Crippen MR) is 57.2 cm³/mol. The molecule has 1 aromatic carbocycles. The minimum Gasteiger partial charge on any atom is -0.200 e. The van der Waals surface area contributed by atoms with Gasteiger partial charge in [0.1, 0.15) is 5.56 Å². The maximum absolute atomic E-state index is 12.5. The molecule has 17 heavy (non-hydrogen) atoms. The summed E-state index contributed by atoms with van der Waals surface area (Å²) in [4.78, 5) is 0. The fourth-order valence-electron chi connectivity index (χ4n) is 1.58. The van der Waals surface area contributed by atoms with Gasteiger partial charge in [-0.3, -0.25) is 0 Å². The topological polar surface area (TPSA) is 3.88 Å². The Morgan fingerprint density at radius 1 is 0.941 bits per heavy atom. The molecule has 0 unspecified atom stereocenters. The highest BCUT2D eigenvalue weighted by Gasteiger charge is 2.32. The van der Waals surface area contributed by atoms with Gasteiger partial charge >= 0.3 is 6.18 Å². The molecule has 0 saturated heterocycles. The Balaban J connectivity index is 2.23. The predicted octanol–water partition coefficient (Wildman–Crippen LogP) is 3.04. The van der Waals surface area contributed by atoms with Crippen LogP contribution in [0.1, 0.15) is 11.1 Å². The Labute approximate surface area is 97.1 Å². The number of rotatable bonds is 2. The lowest BCUT2D eigenvalue weighted by Crippen LogP contribution is -2.34. The summed E-state index contributed by atoms with van der Waals surface area (Å²) >= 11 is 0. The van der Waals surface area contributed by atoms with E-state index in [9.17, 15) is 13.2 Å². The van der Waals surface area contributed by atoms with E-state index in [-0.39, 0.29) is 0 Å². The first kappa shape index (κ1) is 11.6. The van der Waals surface area contributed by atoms with E-state index in [0.29, 0.717) is 6.54 Å². The van der Waals surface area contributed by atoms with Crippen molar-refractivity contribution in [1.82, 2.24) is 0 Å². The Hall–Kier alpha value is -1.84. The SMILES string of the molecule is FC(F)(F)c1ccc[n+](Cc2ccccc2)c1. The maximum Gasteiger partial charge on any atom is 0.422 e. The molecule has 0 radical (unpaired) electrons. The lowest BCUT2D eigenvalue weighted by atomic mass is 10.2. The van der Waals surface area contributed by atoms with Gasteiger partial charge in [-0.1, -0.05) is 30.3 Å². The number of hydrogen-bond acceptors (Lipinski definition) is 0. The third-order valence-electron chi connectivity index (χ3n) is 2.39. The average molecular weight is 238 g/mol. The zero-order chi connectivity index (χ0) is 12.3. The summed E-state index contributed by atoms with van der Waals surface area (Å²) in [6, 6.07) is 11.8. The van der Waals surface area contributed by atoms with Gasteiger partial charge in [0, 0.05) is 11.6 Å². The van der Waals surface area contributed by atoms with Crippen LogP contribution >= 0.6 is 0 Å². The molecule has 0 N–H and O–H groups in total. The van der Waals surface area contributed by atoms with Crippen molar-refractivity contribution in [2.24, 2.45) is 0 Å². The third kappa shape index (κ3) is 3.06. The monoisotopic (exact) mass is 238 g/mol. The fourth-order valence-corrected chi connectivity index (χ4v) is 1.58. The van der Waals surface area contributed by atoms with Crippen molar-refractivity contribution < 1.29 is 17.7 Å². The van der Waals surface area contributed by atoms with Crippen molar-refractivity contribution in [3.05, 3.63) is 66.0 Å². The van der Waals surface area contributed by atoms with Crippen molar-refractivity contribution in [2.45, 2.75) is 12.7 Å². The van der Waals surface area contributed by atoms with Gasteiger partial charge in [-0.15, -0.1) is 0 Å². The maximum atomic E-state index is 12.5. The van der Waals surface area contributed by atoms with Crippen LogP contribution in [0.4, 0.5) is 13.2 Å². The number of benzene rings is 1. The number of hydrogen-bond donors (Lipinski definition) is 0. The van der Waals surface area contributed by atoms with Crippen LogP contribution in [-0.4, -0.2) is 0 Å². The molecule has 0 aliphatic carbocycles. The van der Waals surface area contributed by atoms with Crippen molar-refractivity contribution in [2.75, 3.05) is 0 Å². The molecule has 0 spiro atoms. The van der Waals surface area contributed by atoms with Crippen LogP contribution in [0.3, 0.4) is 0 Å². The molecule has 2 rings (SSSR count). The van der Waals surface area contributed by atoms with Gasteiger partial charge in [-0.25, -0.2) is 4.57 Å². The molecule has 0 aliphatic heterocycles. The molecule has 0 amide bonds. The lowest BCUT2D eigenvalue weighted by Gasteiger charge is -2.04. The summed E-state index contributed by atoms with van der Waals surface area (Å²) in [7, 11) is 0. The van der Waals surface area contributed by atoms with E-state index in [4.69, 9.17) is 0 Å². The second-order valence-electron chi connectivity index (χ2n) is 3.75. The summed E-state index contributed by atoms with van der Waals surface area (Å²) in [5, 5.41) is 0. The molecular formula is C13H11F3N+. The van der Waals surface area contributed by atoms with Crippen LogP contribution in [-0.2, 0) is 12.7 Å². The smallest absolute Gasteiger partial charge is 0.200 e. The summed E-state index contributed by atoms with van der Waals surface area (Å²) < 4.78 is 39.0. The van der Waals surface area contributed by atoms with E-state index in [1.54, 1.807) is 6.20 Å². The van der Waals surface area contributed by atoms with Crippen LogP contribution < -0.4 is 4.57 Å². The second kappa shape index (κ2) is 4.57. The van der Waals surface area contributed by atoms with E-state index in [1.807, 2.05) is 30.3 Å². The molecule has 0 saturated carbocycles. The Morgan fingerprint density at radius 2 is 1.65 bits per heavy atom. The molecule has 2 aromatic rings. The highest BCUT2D eigenvalue weighted by Crippen LogP contribution is 2.27. The highest BCUT2D eigenvalue weighted by atomic mass is 19.4. The Kier molecular flexibility index (Phi) is 3.13.